The first-order chi connectivity index (χ1) is 9.28. The van der Waals surface area contributed by atoms with Gasteiger partial charge in [0.2, 0.25) is 0 Å². The number of rotatable bonds is 2. The number of alkyl halides is 3. The lowest BCUT2D eigenvalue weighted by molar-refractivity contribution is -0.137. The summed E-state index contributed by atoms with van der Waals surface area (Å²) in [5.41, 5.74) is -0.924. The van der Waals surface area contributed by atoms with E-state index >= 15 is 0 Å². The zero-order valence-electron chi connectivity index (χ0n) is 11.7. The molecular formula is C16H21F3O. The molecule has 1 N–H and O–H groups in total. The summed E-state index contributed by atoms with van der Waals surface area (Å²) in [7, 11) is 0. The Bertz CT molecular complexity index is 455. The Labute approximate surface area is 117 Å². The van der Waals surface area contributed by atoms with Crippen molar-refractivity contribution in [2.75, 3.05) is 0 Å². The Balaban J connectivity index is 2.12. The lowest BCUT2D eigenvalue weighted by atomic mass is 9.87. The molecule has 2 rings (SSSR count). The second-order valence-electron chi connectivity index (χ2n) is 6.14. The third kappa shape index (κ3) is 3.98. The molecule has 1 aliphatic rings. The van der Waals surface area contributed by atoms with Crippen LogP contribution in [0.2, 0.25) is 0 Å². The van der Waals surface area contributed by atoms with Gasteiger partial charge in [-0.3, -0.25) is 0 Å². The monoisotopic (exact) mass is 286 g/mol. The van der Waals surface area contributed by atoms with E-state index in [2.05, 4.69) is 6.92 Å². The molecule has 0 spiro atoms. The SMILES string of the molecule is CC1CCCC(O)(Cc2cccc(C(F)(F)F)c2)CC1. The van der Waals surface area contributed by atoms with Gasteiger partial charge in [-0.25, -0.2) is 0 Å². The molecule has 2 atom stereocenters. The summed E-state index contributed by atoms with van der Waals surface area (Å²) in [4.78, 5) is 0. The summed E-state index contributed by atoms with van der Waals surface area (Å²) in [5.74, 6) is 0.588. The third-order valence-electron chi connectivity index (χ3n) is 4.23. The molecular weight excluding hydrogens is 265 g/mol. The van der Waals surface area contributed by atoms with Crippen molar-refractivity contribution in [3.63, 3.8) is 0 Å². The average molecular weight is 286 g/mol. The van der Waals surface area contributed by atoms with Crippen molar-refractivity contribution >= 4 is 0 Å². The highest BCUT2D eigenvalue weighted by Crippen LogP contribution is 2.34. The van der Waals surface area contributed by atoms with Crippen LogP contribution in [0.15, 0.2) is 24.3 Å². The van der Waals surface area contributed by atoms with Gasteiger partial charge in [-0.15, -0.1) is 0 Å². The molecule has 0 saturated heterocycles. The normalized spacial score (nSPS) is 28.1. The van der Waals surface area contributed by atoms with Gasteiger partial charge < -0.3 is 5.11 Å². The van der Waals surface area contributed by atoms with E-state index in [9.17, 15) is 18.3 Å². The van der Waals surface area contributed by atoms with Crippen LogP contribution >= 0.6 is 0 Å². The van der Waals surface area contributed by atoms with Gasteiger partial charge >= 0.3 is 6.18 Å². The topological polar surface area (TPSA) is 20.2 Å². The molecule has 0 aliphatic heterocycles. The maximum atomic E-state index is 12.7. The number of benzene rings is 1. The highest BCUT2D eigenvalue weighted by atomic mass is 19.4. The van der Waals surface area contributed by atoms with Crippen molar-refractivity contribution in [2.45, 2.75) is 57.2 Å². The third-order valence-corrected chi connectivity index (χ3v) is 4.23. The summed E-state index contributed by atoms with van der Waals surface area (Å²) in [6, 6.07) is 5.32. The van der Waals surface area contributed by atoms with Crippen molar-refractivity contribution in [2.24, 2.45) is 5.92 Å². The maximum absolute atomic E-state index is 12.7. The summed E-state index contributed by atoms with van der Waals surface area (Å²) in [5, 5.41) is 10.6. The van der Waals surface area contributed by atoms with Crippen molar-refractivity contribution in [3.05, 3.63) is 35.4 Å². The molecule has 0 aromatic heterocycles. The molecule has 0 radical (unpaired) electrons. The molecule has 1 fully saturated rings. The van der Waals surface area contributed by atoms with Crippen LogP contribution in [0, 0.1) is 5.92 Å². The van der Waals surface area contributed by atoms with Crippen LogP contribution in [0.4, 0.5) is 13.2 Å². The zero-order chi connectivity index (χ0) is 14.8. The number of aliphatic hydroxyl groups is 1. The van der Waals surface area contributed by atoms with Gasteiger partial charge in [0, 0.05) is 6.42 Å². The fourth-order valence-electron chi connectivity index (χ4n) is 2.98. The molecule has 20 heavy (non-hydrogen) atoms. The maximum Gasteiger partial charge on any atom is 0.416 e. The van der Waals surface area contributed by atoms with Gasteiger partial charge in [0.1, 0.15) is 0 Å². The molecule has 1 aromatic rings. The van der Waals surface area contributed by atoms with Crippen LogP contribution in [0.25, 0.3) is 0 Å². The van der Waals surface area contributed by atoms with Gasteiger partial charge in [0.05, 0.1) is 11.2 Å². The van der Waals surface area contributed by atoms with E-state index in [0.29, 0.717) is 30.7 Å². The first-order valence-electron chi connectivity index (χ1n) is 7.17. The number of halogens is 3. The molecule has 1 nitrogen and oxygen atoms in total. The molecule has 1 aromatic carbocycles. The standard InChI is InChI=1S/C16H21F3O/c1-12-4-3-8-15(20,9-7-12)11-13-5-2-6-14(10-13)16(17,18)19/h2,5-6,10,12,20H,3-4,7-9,11H2,1H3. The summed E-state index contributed by atoms with van der Waals surface area (Å²) in [6.07, 6.45) is 0.301. The fourth-order valence-corrected chi connectivity index (χ4v) is 2.98. The van der Waals surface area contributed by atoms with Crippen molar-refractivity contribution < 1.29 is 18.3 Å². The predicted octanol–water partition coefficient (Wildman–Crippen LogP) is 4.58. The summed E-state index contributed by atoms with van der Waals surface area (Å²) >= 11 is 0. The second kappa shape index (κ2) is 5.76. The Kier molecular flexibility index (Phi) is 4.43. The quantitative estimate of drug-likeness (QED) is 0.789. The molecule has 4 heteroatoms. The largest absolute Gasteiger partial charge is 0.416 e. The first kappa shape index (κ1) is 15.4. The van der Waals surface area contributed by atoms with Crippen molar-refractivity contribution in [3.8, 4) is 0 Å². The summed E-state index contributed by atoms with van der Waals surface area (Å²) in [6.45, 7) is 2.16. The van der Waals surface area contributed by atoms with Crippen LogP contribution in [-0.4, -0.2) is 10.7 Å². The minimum absolute atomic E-state index is 0.309. The van der Waals surface area contributed by atoms with Gasteiger partial charge in [0.15, 0.2) is 0 Å². The van der Waals surface area contributed by atoms with E-state index in [1.807, 2.05) is 0 Å². The van der Waals surface area contributed by atoms with E-state index in [0.717, 1.165) is 31.4 Å². The van der Waals surface area contributed by atoms with E-state index in [4.69, 9.17) is 0 Å². The average Bonchev–Trinajstić information content (AvgIpc) is 2.51. The van der Waals surface area contributed by atoms with Crippen molar-refractivity contribution in [1.82, 2.24) is 0 Å². The molecule has 112 valence electrons. The molecule has 0 heterocycles. The lowest BCUT2D eigenvalue weighted by Gasteiger charge is -2.27. The van der Waals surface area contributed by atoms with Gasteiger partial charge in [-0.1, -0.05) is 38.0 Å². The molecule has 1 aliphatic carbocycles. The van der Waals surface area contributed by atoms with Crippen LogP contribution in [0.3, 0.4) is 0 Å². The van der Waals surface area contributed by atoms with Crippen molar-refractivity contribution in [1.29, 1.82) is 0 Å². The van der Waals surface area contributed by atoms with E-state index in [1.165, 1.54) is 6.07 Å². The Morgan fingerprint density at radius 3 is 2.70 bits per heavy atom. The fraction of sp³-hybridized carbons (Fsp3) is 0.625. The highest BCUT2D eigenvalue weighted by Gasteiger charge is 2.33. The Hall–Kier alpha value is -1.03. The van der Waals surface area contributed by atoms with Gasteiger partial charge in [-0.05, 0) is 36.8 Å². The second-order valence-corrected chi connectivity index (χ2v) is 6.14. The molecule has 1 saturated carbocycles. The van der Waals surface area contributed by atoms with Gasteiger partial charge in [0.25, 0.3) is 0 Å². The first-order valence-corrected chi connectivity index (χ1v) is 7.17. The van der Waals surface area contributed by atoms with Gasteiger partial charge in [-0.2, -0.15) is 13.2 Å². The lowest BCUT2D eigenvalue weighted by Crippen LogP contribution is -2.30. The van der Waals surface area contributed by atoms with Crippen LogP contribution < -0.4 is 0 Å². The van der Waals surface area contributed by atoms with Crippen LogP contribution in [0.5, 0.6) is 0 Å². The van der Waals surface area contributed by atoms with Crippen LogP contribution in [-0.2, 0) is 12.6 Å². The molecule has 0 bridgehead atoms. The minimum Gasteiger partial charge on any atom is -0.390 e. The van der Waals surface area contributed by atoms with E-state index < -0.39 is 17.3 Å². The predicted molar refractivity (Wildman–Crippen MR) is 72.3 cm³/mol. The number of hydrogen-bond acceptors (Lipinski definition) is 1. The smallest absolute Gasteiger partial charge is 0.390 e. The Morgan fingerprint density at radius 1 is 1.25 bits per heavy atom. The zero-order valence-corrected chi connectivity index (χ0v) is 11.7. The van der Waals surface area contributed by atoms with E-state index in [-0.39, 0.29) is 0 Å². The minimum atomic E-state index is -4.32. The number of hydrogen-bond donors (Lipinski definition) is 1. The summed E-state index contributed by atoms with van der Waals surface area (Å²) < 4.78 is 38.1. The highest BCUT2D eigenvalue weighted by molar-refractivity contribution is 5.26. The molecule has 2 unspecified atom stereocenters. The van der Waals surface area contributed by atoms with E-state index in [1.54, 1.807) is 6.07 Å². The Morgan fingerprint density at radius 2 is 2.00 bits per heavy atom. The molecule has 0 amide bonds. The van der Waals surface area contributed by atoms with Crippen LogP contribution in [0.1, 0.15) is 50.2 Å².